The molecule has 0 spiro atoms. The van der Waals surface area contributed by atoms with Gasteiger partial charge in [0.25, 0.3) is 0 Å². The highest BCUT2D eigenvalue weighted by molar-refractivity contribution is 5.81. The van der Waals surface area contributed by atoms with Crippen molar-refractivity contribution in [2.45, 2.75) is 12.8 Å². The van der Waals surface area contributed by atoms with Crippen LogP contribution in [0.5, 0.6) is 0 Å². The summed E-state index contributed by atoms with van der Waals surface area (Å²) in [6.45, 7) is 5.02. The molecule has 0 N–H and O–H groups in total. The third-order valence-corrected chi connectivity index (χ3v) is 2.42. The minimum absolute atomic E-state index is 0.369. The molecule has 0 bridgehead atoms. The van der Waals surface area contributed by atoms with Crippen molar-refractivity contribution < 1.29 is 14.3 Å². The Hall–Kier alpha value is -1.87. The first kappa shape index (κ1) is 15.2. The topological polar surface area (TPSA) is 35.5 Å². The number of esters is 1. The van der Waals surface area contributed by atoms with Gasteiger partial charge >= 0.3 is 5.97 Å². The van der Waals surface area contributed by atoms with Crippen LogP contribution in [0.3, 0.4) is 0 Å². The SMILES string of the molecule is C=CC(=O)OCCCCOC/C=C/c1ccccc1. The van der Waals surface area contributed by atoms with Gasteiger partial charge in [0.2, 0.25) is 0 Å². The molecular weight excluding hydrogens is 240 g/mol. The standard InChI is InChI=1S/C16H20O3/c1-2-16(17)19-14-7-6-12-18-13-8-11-15-9-4-3-5-10-15/h2-5,8-11H,1,6-7,12-14H2/b11-8+. The maximum Gasteiger partial charge on any atom is 0.330 e. The lowest BCUT2D eigenvalue weighted by Crippen LogP contribution is -2.03. The van der Waals surface area contributed by atoms with E-state index in [1.54, 1.807) is 0 Å². The van der Waals surface area contributed by atoms with E-state index < -0.39 is 0 Å². The van der Waals surface area contributed by atoms with Crippen LogP contribution in [0.15, 0.2) is 49.1 Å². The highest BCUT2D eigenvalue weighted by Crippen LogP contribution is 2.00. The molecule has 0 saturated heterocycles. The molecule has 0 aromatic heterocycles. The van der Waals surface area contributed by atoms with Crippen LogP contribution < -0.4 is 0 Å². The van der Waals surface area contributed by atoms with Gasteiger partial charge in [-0.25, -0.2) is 4.79 Å². The number of carbonyl (C=O) groups is 1. The van der Waals surface area contributed by atoms with Gasteiger partial charge in [-0.05, 0) is 18.4 Å². The average Bonchev–Trinajstić information content (AvgIpc) is 2.46. The Balaban J connectivity index is 1.95. The lowest BCUT2D eigenvalue weighted by atomic mass is 10.2. The van der Waals surface area contributed by atoms with Gasteiger partial charge in [0, 0.05) is 12.7 Å². The summed E-state index contributed by atoms with van der Waals surface area (Å²) in [5.41, 5.74) is 1.17. The third-order valence-electron chi connectivity index (χ3n) is 2.42. The number of benzene rings is 1. The molecule has 0 aliphatic carbocycles. The molecule has 0 fully saturated rings. The molecule has 1 aromatic rings. The van der Waals surface area contributed by atoms with Gasteiger partial charge in [-0.2, -0.15) is 0 Å². The Bertz CT molecular complexity index is 396. The molecule has 0 amide bonds. The summed E-state index contributed by atoms with van der Waals surface area (Å²) in [5, 5.41) is 0. The number of unbranched alkanes of at least 4 members (excludes halogenated alkanes) is 1. The van der Waals surface area contributed by atoms with Crippen molar-refractivity contribution in [1.29, 1.82) is 0 Å². The Morgan fingerprint density at radius 2 is 1.89 bits per heavy atom. The Morgan fingerprint density at radius 3 is 2.63 bits per heavy atom. The van der Waals surface area contributed by atoms with E-state index in [0.29, 0.717) is 19.8 Å². The zero-order valence-electron chi connectivity index (χ0n) is 11.1. The van der Waals surface area contributed by atoms with Crippen LogP contribution in [0.2, 0.25) is 0 Å². The summed E-state index contributed by atoms with van der Waals surface area (Å²) in [7, 11) is 0. The smallest absolute Gasteiger partial charge is 0.330 e. The second-order valence-corrected chi connectivity index (χ2v) is 3.97. The molecule has 102 valence electrons. The first-order valence-corrected chi connectivity index (χ1v) is 6.41. The Morgan fingerprint density at radius 1 is 1.16 bits per heavy atom. The van der Waals surface area contributed by atoms with Crippen molar-refractivity contribution in [2.75, 3.05) is 19.8 Å². The van der Waals surface area contributed by atoms with E-state index in [4.69, 9.17) is 9.47 Å². The first-order chi connectivity index (χ1) is 9.33. The summed E-state index contributed by atoms with van der Waals surface area (Å²) in [6, 6.07) is 10.1. The summed E-state index contributed by atoms with van der Waals surface area (Å²) in [6.07, 6.45) is 6.88. The Kier molecular flexibility index (Phi) is 8.07. The van der Waals surface area contributed by atoms with Crippen molar-refractivity contribution in [2.24, 2.45) is 0 Å². The zero-order chi connectivity index (χ0) is 13.8. The van der Waals surface area contributed by atoms with Crippen molar-refractivity contribution >= 4 is 12.0 Å². The minimum Gasteiger partial charge on any atom is -0.463 e. The Labute approximate surface area is 114 Å². The van der Waals surface area contributed by atoms with E-state index >= 15 is 0 Å². The van der Waals surface area contributed by atoms with E-state index in [2.05, 4.69) is 6.58 Å². The summed E-state index contributed by atoms with van der Waals surface area (Å²) in [5.74, 6) is -0.369. The fourth-order valence-corrected chi connectivity index (χ4v) is 1.44. The molecule has 0 saturated carbocycles. The van der Waals surface area contributed by atoms with E-state index in [-0.39, 0.29) is 5.97 Å². The number of hydrogen-bond acceptors (Lipinski definition) is 3. The zero-order valence-corrected chi connectivity index (χ0v) is 11.1. The number of ether oxygens (including phenoxy) is 2. The average molecular weight is 260 g/mol. The van der Waals surface area contributed by atoms with Crippen LogP contribution in [0.1, 0.15) is 18.4 Å². The van der Waals surface area contributed by atoms with Gasteiger partial charge in [-0.3, -0.25) is 0 Å². The van der Waals surface area contributed by atoms with E-state index in [1.165, 1.54) is 11.6 Å². The molecular formula is C16H20O3. The predicted octanol–water partition coefficient (Wildman–Crippen LogP) is 3.23. The second kappa shape index (κ2) is 10.1. The highest BCUT2D eigenvalue weighted by Gasteiger charge is 1.94. The summed E-state index contributed by atoms with van der Waals surface area (Å²) < 4.78 is 10.3. The van der Waals surface area contributed by atoms with Crippen molar-refractivity contribution in [1.82, 2.24) is 0 Å². The monoisotopic (exact) mass is 260 g/mol. The molecule has 0 aliphatic heterocycles. The fraction of sp³-hybridized carbons (Fsp3) is 0.312. The van der Waals surface area contributed by atoms with Crippen molar-refractivity contribution in [3.63, 3.8) is 0 Å². The largest absolute Gasteiger partial charge is 0.463 e. The maximum absolute atomic E-state index is 10.7. The van der Waals surface area contributed by atoms with Gasteiger partial charge in [-0.15, -0.1) is 0 Å². The molecule has 3 nitrogen and oxygen atoms in total. The van der Waals surface area contributed by atoms with Crippen molar-refractivity contribution in [3.8, 4) is 0 Å². The van der Waals surface area contributed by atoms with Gasteiger partial charge < -0.3 is 9.47 Å². The van der Waals surface area contributed by atoms with Crippen LogP contribution in [-0.2, 0) is 14.3 Å². The second-order valence-electron chi connectivity index (χ2n) is 3.97. The highest BCUT2D eigenvalue weighted by atomic mass is 16.5. The van der Waals surface area contributed by atoms with Gasteiger partial charge in [0.05, 0.1) is 13.2 Å². The third kappa shape index (κ3) is 7.95. The molecule has 0 aliphatic rings. The molecule has 0 heterocycles. The van der Waals surface area contributed by atoms with Gasteiger partial charge in [0.1, 0.15) is 0 Å². The van der Waals surface area contributed by atoms with E-state index in [9.17, 15) is 4.79 Å². The van der Waals surface area contributed by atoms with Crippen LogP contribution >= 0.6 is 0 Å². The first-order valence-electron chi connectivity index (χ1n) is 6.41. The molecule has 0 unspecified atom stereocenters. The summed E-state index contributed by atoms with van der Waals surface area (Å²) in [4.78, 5) is 10.7. The number of rotatable bonds is 9. The molecule has 1 rings (SSSR count). The van der Waals surface area contributed by atoms with Crippen molar-refractivity contribution in [3.05, 3.63) is 54.6 Å². The van der Waals surface area contributed by atoms with Crippen LogP contribution in [0.4, 0.5) is 0 Å². The van der Waals surface area contributed by atoms with Crippen LogP contribution in [0.25, 0.3) is 6.08 Å². The number of hydrogen-bond donors (Lipinski definition) is 0. The normalized spacial score (nSPS) is 10.5. The van der Waals surface area contributed by atoms with Crippen LogP contribution in [0, 0.1) is 0 Å². The van der Waals surface area contributed by atoms with E-state index in [1.807, 2.05) is 42.5 Å². The lowest BCUT2D eigenvalue weighted by molar-refractivity contribution is -0.137. The maximum atomic E-state index is 10.7. The lowest BCUT2D eigenvalue weighted by Gasteiger charge is -2.02. The van der Waals surface area contributed by atoms with Crippen LogP contribution in [-0.4, -0.2) is 25.8 Å². The molecule has 0 radical (unpaired) electrons. The van der Waals surface area contributed by atoms with Gasteiger partial charge in [0.15, 0.2) is 0 Å². The predicted molar refractivity (Wildman–Crippen MR) is 76.7 cm³/mol. The minimum atomic E-state index is -0.369. The molecule has 1 aromatic carbocycles. The van der Waals surface area contributed by atoms with Gasteiger partial charge in [-0.1, -0.05) is 49.1 Å². The molecule has 0 atom stereocenters. The molecule has 19 heavy (non-hydrogen) atoms. The quantitative estimate of drug-likeness (QED) is 0.388. The number of carbonyl (C=O) groups excluding carboxylic acids is 1. The summed E-state index contributed by atoms with van der Waals surface area (Å²) >= 11 is 0. The van der Waals surface area contributed by atoms with E-state index in [0.717, 1.165) is 12.8 Å². The molecule has 3 heteroatoms. The fourth-order valence-electron chi connectivity index (χ4n) is 1.44.